The molecule has 3 heteroatoms. The van der Waals surface area contributed by atoms with E-state index >= 15 is 0 Å². The number of hydrogen-bond donors (Lipinski definition) is 1. The van der Waals surface area contributed by atoms with E-state index in [1.807, 2.05) is 0 Å². The fourth-order valence-electron chi connectivity index (χ4n) is 3.97. The average molecular weight is 316 g/mol. The lowest BCUT2D eigenvalue weighted by molar-refractivity contribution is 0.150. The summed E-state index contributed by atoms with van der Waals surface area (Å²) in [4.78, 5) is 5.35. The first kappa shape index (κ1) is 16.9. The fraction of sp³-hybridized carbons (Fsp3) is 0.700. The molecular formula is C20H33N3. The molecule has 0 radical (unpaired) electrons. The second-order valence-corrected chi connectivity index (χ2v) is 7.65. The van der Waals surface area contributed by atoms with E-state index in [2.05, 4.69) is 53.2 Å². The lowest BCUT2D eigenvalue weighted by atomic mass is 9.98. The van der Waals surface area contributed by atoms with Crippen molar-refractivity contribution < 1.29 is 0 Å². The van der Waals surface area contributed by atoms with Crippen LogP contribution >= 0.6 is 0 Å². The highest BCUT2D eigenvalue weighted by Crippen LogP contribution is 2.27. The Morgan fingerprint density at radius 1 is 0.957 bits per heavy atom. The molecule has 1 unspecified atom stereocenters. The number of benzene rings is 1. The SMILES string of the molecule is CC(C)Cc1ccc(C(CN2CCNCC2)N2CCCC2)cc1. The molecule has 3 nitrogen and oxygen atoms in total. The van der Waals surface area contributed by atoms with Crippen LogP contribution in [-0.4, -0.2) is 55.6 Å². The van der Waals surface area contributed by atoms with Crippen molar-refractivity contribution in [2.75, 3.05) is 45.8 Å². The van der Waals surface area contributed by atoms with E-state index in [9.17, 15) is 0 Å². The number of hydrogen-bond acceptors (Lipinski definition) is 3. The van der Waals surface area contributed by atoms with E-state index < -0.39 is 0 Å². The minimum absolute atomic E-state index is 0.573. The van der Waals surface area contributed by atoms with Crippen molar-refractivity contribution in [3.8, 4) is 0 Å². The summed E-state index contributed by atoms with van der Waals surface area (Å²) < 4.78 is 0. The summed E-state index contributed by atoms with van der Waals surface area (Å²) in [7, 11) is 0. The van der Waals surface area contributed by atoms with E-state index in [-0.39, 0.29) is 0 Å². The zero-order chi connectivity index (χ0) is 16.1. The molecule has 2 saturated heterocycles. The third-order valence-electron chi connectivity index (χ3n) is 5.23. The van der Waals surface area contributed by atoms with Crippen molar-refractivity contribution in [2.45, 2.75) is 39.2 Å². The van der Waals surface area contributed by atoms with E-state index in [0.717, 1.165) is 19.0 Å². The molecule has 0 saturated carbocycles. The molecule has 2 aliphatic heterocycles. The number of likely N-dealkylation sites (tertiary alicyclic amines) is 1. The van der Waals surface area contributed by atoms with E-state index in [0.29, 0.717) is 6.04 Å². The maximum Gasteiger partial charge on any atom is 0.0475 e. The molecule has 128 valence electrons. The maximum atomic E-state index is 3.47. The summed E-state index contributed by atoms with van der Waals surface area (Å²) in [5, 5.41) is 3.47. The molecule has 0 amide bonds. The maximum absolute atomic E-state index is 3.47. The van der Waals surface area contributed by atoms with Crippen LogP contribution in [0.2, 0.25) is 0 Å². The van der Waals surface area contributed by atoms with Crippen LogP contribution in [0.3, 0.4) is 0 Å². The lowest BCUT2D eigenvalue weighted by Gasteiger charge is -2.35. The van der Waals surface area contributed by atoms with Crippen LogP contribution in [0.1, 0.15) is 43.9 Å². The molecule has 0 bridgehead atoms. The molecule has 0 aliphatic carbocycles. The van der Waals surface area contributed by atoms with Crippen LogP contribution in [0.5, 0.6) is 0 Å². The summed E-state index contributed by atoms with van der Waals surface area (Å²) in [6.07, 6.45) is 3.92. The van der Waals surface area contributed by atoms with Gasteiger partial charge in [-0.1, -0.05) is 38.1 Å². The fourth-order valence-corrected chi connectivity index (χ4v) is 3.97. The van der Waals surface area contributed by atoms with Crippen molar-refractivity contribution >= 4 is 0 Å². The van der Waals surface area contributed by atoms with Gasteiger partial charge in [0, 0.05) is 38.8 Å². The second-order valence-electron chi connectivity index (χ2n) is 7.65. The highest BCUT2D eigenvalue weighted by molar-refractivity contribution is 5.26. The number of rotatable bonds is 6. The minimum atomic E-state index is 0.573. The smallest absolute Gasteiger partial charge is 0.0475 e. The molecule has 2 heterocycles. The molecule has 1 aromatic rings. The van der Waals surface area contributed by atoms with Gasteiger partial charge in [-0.2, -0.15) is 0 Å². The van der Waals surface area contributed by atoms with E-state index in [4.69, 9.17) is 0 Å². The van der Waals surface area contributed by atoms with Crippen LogP contribution in [-0.2, 0) is 6.42 Å². The van der Waals surface area contributed by atoms with Gasteiger partial charge in [-0.05, 0) is 49.4 Å². The molecule has 1 aromatic carbocycles. The van der Waals surface area contributed by atoms with Crippen LogP contribution < -0.4 is 5.32 Å². The second kappa shape index (κ2) is 8.27. The molecule has 3 rings (SSSR count). The van der Waals surface area contributed by atoms with Gasteiger partial charge < -0.3 is 5.32 Å². The largest absolute Gasteiger partial charge is 0.314 e. The van der Waals surface area contributed by atoms with Crippen molar-refractivity contribution in [1.29, 1.82) is 0 Å². The Labute approximate surface area is 142 Å². The van der Waals surface area contributed by atoms with Crippen molar-refractivity contribution in [3.05, 3.63) is 35.4 Å². The summed E-state index contributed by atoms with van der Waals surface area (Å²) in [6.45, 7) is 13.0. The predicted molar refractivity (Wildman–Crippen MR) is 97.8 cm³/mol. The van der Waals surface area contributed by atoms with Crippen LogP contribution in [0.15, 0.2) is 24.3 Å². The molecule has 0 aromatic heterocycles. The molecule has 0 spiro atoms. The Morgan fingerprint density at radius 2 is 1.61 bits per heavy atom. The van der Waals surface area contributed by atoms with Crippen molar-refractivity contribution in [2.24, 2.45) is 5.92 Å². The molecule has 2 aliphatic rings. The number of piperazine rings is 1. The van der Waals surface area contributed by atoms with E-state index in [1.54, 1.807) is 0 Å². The average Bonchev–Trinajstić information content (AvgIpc) is 3.08. The zero-order valence-electron chi connectivity index (χ0n) is 14.9. The van der Waals surface area contributed by atoms with Gasteiger partial charge in [0.1, 0.15) is 0 Å². The van der Waals surface area contributed by atoms with Gasteiger partial charge in [0.05, 0.1) is 0 Å². The highest BCUT2D eigenvalue weighted by atomic mass is 15.2. The van der Waals surface area contributed by atoms with Crippen molar-refractivity contribution in [1.82, 2.24) is 15.1 Å². The molecular weight excluding hydrogens is 282 g/mol. The van der Waals surface area contributed by atoms with Gasteiger partial charge in [0.25, 0.3) is 0 Å². The highest BCUT2D eigenvalue weighted by Gasteiger charge is 2.26. The topological polar surface area (TPSA) is 18.5 Å². The minimum Gasteiger partial charge on any atom is -0.314 e. The Hall–Kier alpha value is -0.900. The van der Waals surface area contributed by atoms with Gasteiger partial charge in [-0.15, -0.1) is 0 Å². The third-order valence-corrected chi connectivity index (χ3v) is 5.23. The zero-order valence-corrected chi connectivity index (χ0v) is 14.9. The molecule has 1 atom stereocenters. The Bertz CT molecular complexity index is 456. The van der Waals surface area contributed by atoms with Gasteiger partial charge in [-0.25, -0.2) is 0 Å². The van der Waals surface area contributed by atoms with Gasteiger partial charge in [-0.3, -0.25) is 9.80 Å². The Kier molecular flexibility index (Phi) is 6.09. The molecule has 1 N–H and O–H groups in total. The van der Waals surface area contributed by atoms with Crippen LogP contribution in [0.25, 0.3) is 0 Å². The van der Waals surface area contributed by atoms with Crippen LogP contribution in [0, 0.1) is 5.92 Å². The molecule has 2 fully saturated rings. The normalized spacial score (nSPS) is 21.9. The summed E-state index contributed by atoms with van der Waals surface area (Å²) in [5.74, 6) is 0.732. The van der Waals surface area contributed by atoms with Crippen LogP contribution in [0.4, 0.5) is 0 Å². The van der Waals surface area contributed by atoms with Crippen molar-refractivity contribution in [3.63, 3.8) is 0 Å². The molecule has 23 heavy (non-hydrogen) atoms. The van der Waals surface area contributed by atoms with E-state index in [1.165, 1.54) is 63.1 Å². The summed E-state index contributed by atoms with van der Waals surface area (Å²) in [5.41, 5.74) is 2.99. The lowest BCUT2D eigenvalue weighted by Crippen LogP contribution is -2.47. The Morgan fingerprint density at radius 3 is 2.22 bits per heavy atom. The first-order valence-electron chi connectivity index (χ1n) is 9.48. The predicted octanol–water partition coefficient (Wildman–Crippen LogP) is 2.93. The first-order valence-corrected chi connectivity index (χ1v) is 9.48. The monoisotopic (exact) mass is 315 g/mol. The first-order chi connectivity index (χ1) is 11.2. The summed E-state index contributed by atoms with van der Waals surface area (Å²) in [6, 6.07) is 10.1. The van der Waals surface area contributed by atoms with Gasteiger partial charge in [0.2, 0.25) is 0 Å². The number of nitrogens with zero attached hydrogens (tertiary/aromatic N) is 2. The summed E-state index contributed by atoms with van der Waals surface area (Å²) >= 11 is 0. The van der Waals surface area contributed by atoms with Gasteiger partial charge >= 0.3 is 0 Å². The third kappa shape index (κ3) is 4.79. The number of nitrogens with one attached hydrogen (secondary N) is 1. The Balaban J connectivity index is 1.71. The quantitative estimate of drug-likeness (QED) is 0.871. The van der Waals surface area contributed by atoms with Gasteiger partial charge in [0.15, 0.2) is 0 Å². The standard InChI is InChI=1S/C20H33N3/c1-17(2)15-18-5-7-19(8-6-18)20(23-11-3-4-12-23)16-22-13-9-21-10-14-22/h5-8,17,20-21H,3-4,9-16H2,1-2H3.